The zero-order valence-corrected chi connectivity index (χ0v) is 21.0. The van der Waals surface area contributed by atoms with Gasteiger partial charge in [-0.25, -0.2) is 4.39 Å². The van der Waals surface area contributed by atoms with Crippen molar-refractivity contribution in [1.29, 1.82) is 0 Å². The summed E-state index contributed by atoms with van der Waals surface area (Å²) in [7, 11) is 0. The van der Waals surface area contributed by atoms with Gasteiger partial charge in [-0.1, -0.05) is 59.6 Å². The highest BCUT2D eigenvalue weighted by Gasteiger charge is 2.26. The lowest BCUT2D eigenvalue weighted by Gasteiger charge is -2.29. The van der Waals surface area contributed by atoms with Crippen molar-refractivity contribution in [2.24, 2.45) is 5.92 Å². The second-order valence-corrected chi connectivity index (χ2v) is 9.97. The molecule has 0 bridgehead atoms. The predicted octanol–water partition coefficient (Wildman–Crippen LogP) is 5.66. The molecule has 2 amide bonds. The number of amides is 2. The summed E-state index contributed by atoms with van der Waals surface area (Å²) in [4.78, 5) is 27.3. The third-order valence-corrected chi connectivity index (χ3v) is 6.42. The fraction of sp³-hybridized carbons (Fsp3) is 0.391. The normalized spacial score (nSPS) is 12.0. The van der Waals surface area contributed by atoms with Crippen LogP contribution in [0, 0.1) is 11.7 Å². The van der Waals surface area contributed by atoms with Gasteiger partial charge < -0.3 is 10.2 Å². The molecule has 0 aromatic heterocycles. The molecule has 0 aliphatic carbocycles. The molecular weight excluding hydrogens is 503 g/mol. The minimum Gasteiger partial charge on any atom is -0.354 e. The van der Waals surface area contributed by atoms with Crippen molar-refractivity contribution < 1.29 is 14.0 Å². The van der Waals surface area contributed by atoms with E-state index in [2.05, 4.69) is 21.2 Å². The van der Waals surface area contributed by atoms with Gasteiger partial charge in [0.25, 0.3) is 0 Å². The number of nitrogens with one attached hydrogen (secondary N) is 1. The molecule has 168 valence electrons. The quantitative estimate of drug-likeness (QED) is 0.432. The smallest absolute Gasteiger partial charge is 0.242 e. The van der Waals surface area contributed by atoms with E-state index in [1.165, 1.54) is 17.8 Å². The number of rotatable bonds is 10. The van der Waals surface area contributed by atoms with Crippen LogP contribution in [0.4, 0.5) is 4.39 Å². The van der Waals surface area contributed by atoms with E-state index in [1.54, 1.807) is 24.0 Å². The van der Waals surface area contributed by atoms with Crippen molar-refractivity contribution in [2.45, 2.75) is 39.1 Å². The molecule has 31 heavy (non-hydrogen) atoms. The van der Waals surface area contributed by atoms with Gasteiger partial charge in [-0.2, -0.15) is 0 Å². The van der Waals surface area contributed by atoms with Gasteiger partial charge in [0.2, 0.25) is 11.8 Å². The lowest BCUT2D eigenvalue weighted by atomic mass is 10.1. The fourth-order valence-electron chi connectivity index (χ4n) is 2.86. The van der Waals surface area contributed by atoms with Crippen molar-refractivity contribution in [1.82, 2.24) is 10.2 Å². The first-order valence-corrected chi connectivity index (χ1v) is 12.3. The lowest BCUT2D eigenvalue weighted by molar-refractivity contribution is -0.138. The van der Waals surface area contributed by atoms with E-state index in [0.717, 1.165) is 10.0 Å². The molecule has 2 aromatic carbocycles. The van der Waals surface area contributed by atoms with E-state index >= 15 is 0 Å². The Morgan fingerprint density at radius 2 is 1.90 bits per heavy atom. The van der Waals surface area contributed by atoms with Crippen LogP contribution in [0.2, 0.25) is 5.02 Å². The minimum atomic E-state index is -0.636. The third kappa shape index (κ3) is 8.13. The average Bonchev–Trinajstić information content (AvgIpc) is 2.71. The van der Waals surface area contributed by atoms with Gasteiger partial charge in [0.05, 0.1) is 5.75 Å². The van der Waals surface area contributed by atoms with Crippen molar-refractivity contribution in [3.63, 3.8) is 0 Å². The monoisotopic (exact) mass is 528 g/mol. The molecule has 0 aliphatic rings. The van der Waals surface area contributed by atoms with Gasteiger partial charge in [0.1, 0.15) is 11.9 Å². The van der Waals surface area contributed by atoms with E-state index in [1.807, 2.05) is 38.1 Å². The molecule has 0 fully saturated rings. The molecule has 0 unspecified atom stereocenters. The Bertz CT molecular complexity index is 893. The molecule has 1 atom stereocenters. The van der Waals surface area contributed by atoms with E-state index in [0.29, 0.717) is 29.6 Å². The first kappa shape index (κ1) is 25.7. The standard InChI is InChI=1S/C23H27BrClFN2O2S/c1-15(2)11-27-23(30)16(3)28(12-17-6-4-7-18(24)10-17)22(29)14-31-13-19-20(25)8-5-9-21(19)26/h4-10,15-16H,11-14H2,1-3H3,(H,27,30)/t16-/m1/s1. The fourth-order valence-corrected chi connectivity index (χ4v) is 4.56. The van der Waals surface area contributed by atoms with Crippen LogP contribution in [-0.2, 0) is 21.9 Å². The molecule has 2 aromatic rings. The highest BCUT2D eigenvalue weighted by atomic mass is 79.9. The van der Waals surface area contributed by atoms with Crippen LogP contribution in [0.1, 0.15) is 31.9 Å². The van der Waals surface area contributed by atoms with E-state index in [9.17, 15) is 14.0 Å². The Balaban J connectivity index is 2.10. The summed E-state index contributed by atoms with van der Waals surface area (Å²) in [5.41, 5.74) is 1.29. The molecule has 0 spiro atoms. The van der Waals surface area contributed by atoms with Gasteiger partial charge in [0.15, 0.2) is 0 Å². The molecule has 0 heterocycles. The molecule has 4 nitrogen and oxygen atoms in total. The Morgan fingerprint density at radius 3 is 2.55 bits per heavy atom. The molecule has 0 saturated carbocycles. The Labute approximate surface area is 201 Å². The summed E-state index contributed by atoms with van der Waals surface area (Å²) in [5.74, 6) is -0.0775. The van der Waals surface area contributed by atoms with Crippen LogP contribution >= 0.6 is 39.3 Å². The van der Waals surface area contributed by atoms with Crippen LogP contribution in [0.25, 0.3) is 0 Å². The minimum absolute atomic E-state index is 0.112. The zero-order chi connectivity index (χ0) is 23.0. The highest BCUT2D eigenvalue weighted by Crippen LogP contribution is 2.24. The first-order chi connectivity index (χ1) is 14.7. The molecule has 2 rings (SSSR count). The SMILES string of the molecule is CC(C)CNC(=O)[C@@H](C)N(Cc1cccc(Br)c1)C(=O)CSCc1c(F)cccc1Cl. The predicted molar refractivity (Wildman–Crippen MR) is 130 cm³/mol. The average molecular weight is 530 g/mol. The summed E-state index contributed by atoms with van der Waals surface area (Å²) in [6.07, 6.45) is 0. The van der Waals surface area contributed by atoms with Gasteiger partial charge in [-0.3, -0.25) is 9.59 Å². The molecule has 1 N–H and O–H groups in total. The summed E-state index contributed by atoms with van der Waals surface area (Å²) in [6, 6.07) is 11.5. The number of carbonyl (C=O) groups excluding carboxylic acids is 2. The van der Waals surface area contributed by atoms with Crippen molar-refractivity contribution in [3.05, 3.63) is 68.9 Å². The number of nitrogens with zero attached hydrogens (tertiary/aromatic N) is 1. The van der Waals surface area contributed by atoms with E-state index in [4.69, 9.17) is 11.6 Å². The van der Waals surface area contributed by atoms with E-state index < -0.39 is 6.04 Å². The summed E-state index contributed by atoms with van der Waals surface area (Å²) < 4.78 is 14.9. The number of benzene rings is 2. The second kappa shape index (κ2) is 12.5. The Hall–Kier alpha value is -1.57. The lowest BCUT2D eigenvalue weighted by Crippen LogP contribution is -2.48. The van der Waals surface area contributed by atoms with Crippen LogP contribution in [0.5, 0.6) is 0 Å². The summed E-state index contributed by atoms with van der Waals surface area (Å²) in [5, 5.41) is 3.24. The second-order valence-electron chi connectivity index (χ2n) is 7.66. The van der Waals surface area contributed by atoms with Gasteiger partial charge in [0, 0.05) is 33.9 Å². The third-order valence-electron chi connectivity index (χ3n) is 4.63. The van der Waals surface area contributed by atoms with Gasteiger partial charge in [-0.05, 0) is 42.7 Å². The Kier molecular flexibility index (Phi) is 10.3. The van der Waals surface area contributed by atoms with Crippen LogP contribution in [-0.4, -0.2) is 35.1 Å². The van der Waals surface area contributed by atoms with Crippen LogP contribution < -0.4 is 5.32 Å². The molecular formula is C23H27BrClFN2O2S. The summed E-state index contributed by atoms with van der Waals surface area (Å²) >= 11 is 10.8. The number of hydrogen-bond acceptors (Lipinski definition) is 3. The number of hydrogen-bond donors (Lipinski definition) is 1. The number of halogens is 3. The highest BCUT2D eigenvalue weighted by molar-refractivity contribution is 9.10. The molecule has 0 aliphatic heterocycles. The Morgan fingerprint density at radius 1 is 1.19 bits per heavy atom. The maximum Gasteiger partial charge on any atom is 0.242 e. The topological polar surface area (TPSA) is 49.4 Å². The van der Waals surface area contributed by atoms with Crippen molar-refractivity contribution >= 4 is 51.1 Å². The van der Waals surface area contributed by atoms with E-state index in [-0.39, 0.29) is 29.1 Å². The maximum absolute atomic E-state index is 14.0. The van der Waals surface area contributed by atoms with Crippen LogP contribution in [0.15, 0.2) is 46.9 Å². The molecule has 8 heteroatoms. The zero-order valence-electron chi connectivity index (χ0n) is 17.8. The number of carbonyl (C=O) groups is 2. The van der Waals surface area contributed by atoms with Gasteiger partial charge in [-0.15, -0.1) is 11.8 Å². The largest absolute Gasteiger partial charge is 0.354 e. The van der Waals surface area contributed by atoms with Gasteiger partial charge >= 0.3 is 0 Å². The number of thioether (sulfide) groups is 1. The first-order valence-electron chi connectivity index (χ1n) is 10.0. The maximum atomic E-state index is 14.0. The molecule has 0 saturated heterocycles. The van der Waals surface area contributed by atoms with Crippen molar-refractivity contribution in [3.8, 4) is 0 Å². The van der Waals surface area contributed by atoms with Crippen LogP contribution in [0.3, 0.4) is 0 Å². The summed E-state index contributed by atoms with van der Waals surface area (Å²) in [6.45, 7) is 6.60. The molecule has 0 radical (unpaired) electrons. The van der Waals surface area contributed by atoms with Crippen molar-refractivity contribution in [2.75, 3.05) is 12.3 Å².